The molecular formula is C38H43N7O8. The minimum Gasteiger partial charge on any atom is -0.476 e. The molecule has 278 valence electrons. The number of amides is 4. The third-order valence-electron chi connectivity index (χ3n) is 9.86. The Labute approximate surface area is 305 Å². The third-order valence-corrected chi connectivity index (χ3v) is 9.86. The van der Waals surface area contributed by atoms with E-state index in [2.05, 4.69) is 10.6 Å². The lowest BCUT2D eigenvalue weighted by Crippen LogP contribution is -2.44. The molecule has 6 rings (SSSR count). The van der Waals surface area contributed by atoms with E-state index >= 15 is 0 Å². The second-order valence-corrected chi connectivity index (χ2v) is 13.4. The predicted octanol–water partition coefficient (Wildman–Crippen LogP) is 2.56. The van der Waals surface area contributed by atoms with E-state index in [4.69, 9.17) is 25.9 Å². The zero-order valence-corrected chi connectivity index (χ0v) is 30.0. The van der Waals surface area contributed by atoms with Crippen molar-refractivity contribution in [3.05, 3.63) is 86.7 Å². The lowest BCUT2D eigenvalue weighted by Gasteiger charge is -2.31. The van der Waals surface area contributed by atoms with Crippen LogP contribution in [0.5, 0.6) is 5.75 Å². The second-order valence-electron chi connectivity index (χ2n) is 13.4. The fraction of sp³-hybridized carbons (Fsp3) is 0.368. The molecule has 0 spiro atoms. The van der Waals surface area contributed by atoms with Gasteiger partial charge in [-0.05, 0) is 67.6 Å². The SMILES string of the molecule is CCc1c2c(nc3ccc(OC(C(=O)N(C)C)c4ccc(NC(=O)[C@@H](N)CCCNC(N)=O)cc4)cc13)-c1cc3c(c(=O)n1C2)COC(=O)[C@]3(O)CC. The fourth-order valence-electron chi connectivity index (χ4n) is 6.89. The van der Waals surface area contributed by atoms with E-state index in [1.54, 1.807) is 68.1 Å². The van der Waals surface area contributed by atoms with Crippen molar-refractivity contribution < 1.29 is 33.8 Å². The maximum atomic E-state index is 13.7. The molecule has 2 aliphatic rings. The van der Waals surface area contributed by atoms with E-state index < -0.39 is 35.7 Å². The molecular weight excluding hydrogens is 682 g/mol. The molecule has 0 saturated carbocycles. The number of likely N-dealkylation sites (N-methyl/N-ethyl adjacent to an activating group) is 1. The largest absolute Gasteiger partial charge is 0.476 e. The average molecular weight is 726 g/mol. The number of primary amides is 1. The number of rotatable bonds is 12. The monoisotopic (exact) mass is 725 g/mol. The Morgan fingerprint density at radius 2 is 1.83 bits per heavy atom. The van der Waals surface area contributed by atoms with Crippen LogP contribution in [-0.4, -0.2) is 70.1 Å². The van der Waals surface area contributed by atoms with Crippen molar-refractivity contribution in [3.63, 3.8) is 0 Å². The molecule has 7 N–H and O–H groups in total. The molecule has 2 aromatic carbocycles. The molecule has 2 aliphatic heterocycles. The number of nitrogens with one attached hydrogen (secondary N) is 2. The smallest absolute Gasteiger partial charge is 0.343 e. The minimum atomic E-state index is -1.92. The second kappa shape index (κ2) is 14.7. The van der Waals surface area contributed by atoms with Gasteiger partial charge in [0.15, 0.2) is 5.60 Å². The van der Waals surface area contributed by atoms with Gasteiger partial charge < -0.3 is 46.1 Å². The summed E-state index contributed by atoms with van der Waals surface area (Å²) in [6, 6.07) is 12.3. The lowest BCUT2D eigenvalue weighted by molar-refractivity contribution is -0.172. The Kier molecular flexibility index (Phi) is 10.2. The topological polar surface area (TPSA) is 221 Å². The van der Waals surface area contributed by atoms with Crippen LogP contribution in [0, 0.1) is 0 Å². The normalized spacial score (nSPS) is 16.8. The average Bonchev–Trinajstić information content (AvgIpc) is 3.51. The van der Waals surface area contributed by atoms with Crippen LogP contribution >= 0.6 is 0 Å². The minimum absolute atomic E-state index is 0.0511. The molecule has 15 nitrogen and oxygen atoms in total. The summed E-state index contributed by atoms with van der Waals surface area (Å²) in [6.45, 7) is 4.03. The maximum absolute atomic E-state index is 13.7. The number of hydrogen-bond acceptors (Lipinski definition) is 10. The number of benzene rings is 2. The molecule has 3 atom stereocenters. The van der Waals surface area contributed by atoms with Gasteiger partial charge in [0.1, 0.15) is 12.4 Å². The first kappa shape index (κ1) is 37.0. The van der Waals surface area contributed by atoms with Crippen molar-refractivity contribution in [1.82, 2.24) is 19.8 Å². The Balaban J connectivity index is 1.27. The first-order chi connectivity index (χ1) is 25.3. The maximum Gasteiger partial charge on any atom is 0.343 e. The highest BCUT2D eigenvalue weighted by atomic mass is 16.6. The number of aliphatic hydroxyl groups is 1. The zero-order valence-electron chi connectivity index (χ0n) is 30.0. The lowest BCUT2D eigenvalue weighted by atomic mass is 9.86. The number of esters is 1. The number of fused-ring (bicyclic) bond motifs is 5. The third kappa shape index (κ3) is 6.92. The van der Waals surface area contributed by atoms with Crippen LogP contribution in [0.4, 0.5) is 10.5 Å². The van der Waals surface area contributed by atoms with Gasteiger partial charge in [-0.15, -0.1) is 0 Å². The van der Waals surface area contributed by atoms with E-state index in [0.717, 1.165) is 16.5 Å². The number of carbonyl (C=O) groups is 4. The highest BCUT2D eigenvalue weighted by Crippen LogP contribution is 2.41. The van der Waals surface area contributed by atoms with Gasteiger partial charge in [0.25, 0.3) is 11.5 Å². The highest BCUT2D eigenvalue weighted by Gasteiger charge is 2.45. The Bertz CT molecular complexity index is 2180. The van der Waals surface area contributed by atoms with E-state index in [-0.39, 0.29) is 42.2 Å². The van der Waals surface area contributed by atoms with E-state index in [1.807, 2.05) is 13.0 Å². The summed E-state index contributed by atoms with van der Waals surface area (Å²) >= 11 is 0. The number of nitrogens with two attached hydrogens (primary N) is 2. The highest BCUT2D eigenvalue weighted by molar-refractivity contribution is 5.95. The van der Waals surface area contributed by atoms with Crippen molar-refractivity contribution in [2.45, 2.75) is 70.4 Å². The van der Waals surface area contributed by atoms with Gasteiger partial charge in [-0.3, -0.25) is 14.4 Å². The molecule has 0 radical (unpaired) electrons. The van der Waals surface area contributed by atoms with Gasteiger partial charge in [-0.1, -0.05) is 26.0 Å². The molecule has 0 aliphatic carbocycles. The fourth-order valence-corrected chi connectivity index (χ4v) is 6.89. The molecule has 0 fully saturated rings. The number of aryl methyl sites for hydroxylation is 1. The van der Waals surface area contributed by atoms with Crippen LogP contribution in [-0.2, 0) is 44.3 Å². The molecule has 15 heteroatoms. The molecule has 2 aromatic heterocycles. The molecule has 1 unspecified atom stereocenters. The van der Waals surface area contributed by atoms with Crippen LogP contribution < -0.4 is 32.4 Å². The zero-order chi connectivity index (χ0) is 38.2. The number of nitrogens with zero attached hydrogens (tertiary/aromatic N) is 3. The van der Waals surface area contributed by atoms with Crippen molar-refractivity contribution in [2.75, 3.05) is 26.0 Å². The van der Waals surface area contributed by atoms with E-state index in [9.17, 15) is 29.1 Å². The van der Waals surface area contributed by atoms with Gasteiger partial charge in [0, 0.05) is 48.4 Å². The number of aromatic nitrogens is 2. The number of cyclic esters (lactones) is 1. The van der Waals surface area contributed by atoms with Crippen LogP contribution in [0.1, 0.15) is 67.0 Å². The Hall–Kier alpha value is -5.80. The number of carbonyl (C=O) groups excluding carboxylic acids is 4. The van der Waals surface area contributed by atoms with Gasteiger partial charge in [0.2, 0.25) is 12.0 Å². The molecule has 0 bridgehead atoms. The van der Waals surface area contributed by atoms with Crippen LogP contribution in [0.2, 0.25) is 0 Å². The van der Waals surface area contributed by atoms with Gasteiger partial charge in [0.05, 0.1) is 35.1 Å². The summed E-state index contributed by atoms with van der Waals surface area (Å²) in [5.74, 6) is -1.04. The summed E-state index contributed by atoms with van der Waals surface area (Å²) in [4.78, 5) is 69.6. The van der Waals surface area contributed by atoms with Crippen molar-refractivity contribution in [2.24, 2.45) is 11.5 Å². The number of pyridine rings is 2. The van der Waals surface area contributed by atoms with Gasteiger partial charge in [-0.2, -0.15) is 0 Å². The van der Waals surface area contributed by atoms with Crippen LogP contribution in [0.15, 0.2) is 53.3 Å². The molecule has 4 amide bonds. The molecule has 4 aromatic rings. The van der Waals surface area contributed by atoms with Crippen molar-refractivity contribution in [1.29, 1.82) is 0 Å². The Morgan fingerprint density at radius 3 is 2.49 bits per heavy atom. The standard InChI is InChI=1S/C38H43N7O8/c1-5-23-24-16-22(53-32(35(48)44(3)4)20-9-11-21(12-10-20)42-33(46)28(39)8-7-15-41-37(40)50)13-14-29(24)43-31-25(23)18-45-30(31)17-27-26(34(45)47)19-52-36(49)38(27,51)6-2/h9-14,16-17,28,32,51H,5-8,15,18-19,39H2,1-4H3,(H,42,46)(H3,40,41,50)/t28-,32?,38-/m0/s1. The van der Waals surface area contributed by atoms with Crippen LogP contribution in [0.25, 0.3) is 22.3 Å². The summed E-state index contributed by atoms with van der Waals surface area (Å²) in [5, 5.41) is 17.3. The number of urea groups is 1. The summed E-state index contributed by atoms with van der Waals surface area (Å²) in [6.07, 6.45) is 0.462. The van der Waals surface area contributed by atoms with Crippen molar-refractivity contribution in [3.8, 4) is 17.1 Å². The molecule has 0 saturated heterocycles. The first-order valence-corrected chi connectivity index (χ1v) is 17.5. The first-order valence-electron chi connectivity index (χ1n) is 17.5. The van der Waals surface area contributed by atoms with Gasteiger partial charge in [-0.25, -0.2) is 14.6 Å². The van der Waals surface area contributed by atoms with E-state index in [1.165, 1.54) is 4.90 Å². The number of hydrogen-bond donors (Lipinski definition) is 5. The summed E-state index contributed by atoms with van der Waals surface area (Å²) < 4.78 is 13.2. The quantitative estimate of drug-likeness (QED) is 0.0934. The van der Waals surface area contributed by atoms with Crippen molar-refractivity contribution >= 4 is 40.4 Å². The van der Waals surface area contributed by atoms with Crippen LogP contribution in [0.3, 0.4) is 0 Å². The molecule has 53 heavy (non-hydrogen) atoms. The number of anilines is 1. The summed E-state index contributed by atoms with van der Waals surface area (Å²) in [5.41, 5.74) is 14.0. The Morgan fingerprint density at radius 1 is 1.09 bits per heavy atom. The molecule has 4 heterocycles. The summed E-state index contributed by atoms with van der Waals surface area (Å²) in [7, 11) is 3.27. The number of ether oxygens (including phenoxy) is 2. The predicted molar refractivity (Wildman–Crippen MR) is 196 cm³/mol. The van der Waals surface area contributed by atoms with E-state index in [0.29, 0.717) is 59.7 Å². The van der Waals surface area contributed by atoms with Gasteiger partial charge >= 0.3 is 12.0 Å².